The Kier molecular flexibility index (Phi) is 2.95. The lowest BCUT2D eigenvalue weighted by Gasteiger charge is -2.05. The molecule has 0 bridgehead atoms. The number of amides is 1. The van der Waals surface area contributed by atoms with Gasteiger partial charge in [-0.3, -0.25) is 4.79 Å². The number of aromatic hydroxyl groups is 1. The Balaban J connectivity index is 2.54. The van der Waals surface area contributed by atoms with Crippen LogP contribution in [0.5, 0.6) is 5.95 Å². The van der Waals surface area contributed by atoms with Gasteiger partial charge < -0.3 is 14.8 Å². The lowest BCUT2D eigenvalue weighted by molar-refractivity contribution is 0.0944. The average molecular weight is 183 g/mol. The minimum absolute atomic E-state index is 0.181. The summed E-state index contributed by atoms with van der Waals surface area (Å²) in [5, 5.41) is 11.7. The van der Waals surface area contributed by atoms with Crippen molar-refractivity contribution in [1.82, 2.24) is 5.32 Å². The number of rotatable bonds is 3. The van der Waals surface area contributed by atoms with E-state index in [9.17, 15) is 4.79 Å². The molecule has 13 heavy (non-hydrogen) atoms. The fraction of sp³-hybridized carbons (Fsp3) is 0.444. The fourth-order valence-corrected chi connectivity index (χ4v) is 0.866. The van der Waals surface area contributed by atoms with Gasteiger partial charge in [-0.1, -0.05) is 13.8 Å². The van der Waals surface area contributed by atoms with Crippen molar-refractivity contribution in [2.45, 2.75) is 13.8 Å². The summed E-state index contributed by atoms with van der Waals surface area (Å²) in [4.78, 5) is 11.3. The highest BCUT2D eigenvalue weighted by Gasteiger charge is 2.13. The van der Waals surface area contributed by atoms with Crippen LogP contribution < -0.4 is 5.32 Å². The predicted octanol–water partition coefficient (Wildman–Crippen LogP) is 1.37. The van der Waals surface area contributed by atoms with Crippen LogP contribution in [0.4, 0.5) is 0 Å². The summed E-state index contributed by atoms with van der Waals surface area (Å²) in [5.41, 5.74) is 0.181. The van der Waals surface area contributed by atoms with Crippen LogP contribution in [0.25, 0.3) is 0 Å². The van der Waals surface area contributed by atoms with Crippen LogP contribution in [0.2, 0.25) is 0 Å². The van der Waals surface area contributed by atoms with E-state index in [-0.39, 0.29) is 17.4 Å². The van der Waals surface area contributed by atoms with E-state index >= 15 is 0 Å². The van der Waals surface area contributed by atoms with Gasteiger partial charge in [-0.25, -0.2) is 0 Å². The molecule has 1 aromatic rings. The summed E-state index contributed by atoms with van der Waals surface area (Å²) < 4.78 is 4.59. The summed E-state index contributed by atoms with van der Waals surface area (Å²) in [6, 6.07) is 1.44. The molecule has 2 N–H and O–H groups in total. The molecule has 0 fully saturated rings. The molecule has 0 aromatic carbocycles. The maximum atomic E-state index is 11.3. The molecule has 0 aliphatic rings. The number of hydrogen-bond acceptors (Lipinski definition) is 3. The quantitative estimate of drug-likeness (QED) is 0.744. The first-order valence-corrected chi connectivity index (χ1v) is 4.16. The Morgan fingerprint density at radius 3 is 2.85 bits per heavy atom. The molecule has 0 saturated carbocycles. The Hall–Kier alpha value is -1.45. The Labute approximate surface area is 76.6 Å². The van der Waals surface area contributed by atoms with Crippen LogP contribution in [0, 0.1) is 5.92 Å². The van der Waals surface area contributed by atoms with Crippen molar-refractivity contribution in [2.75, 3.05) is 6.54 Å². The summed E-state index contributed by atoms with van der Waals surface area (Å²) in [6.07, 6.45) is 1.28. The van der Waals surface area contributed by atoms with Gasteiger partial charge in [0.1, 0.15) is 5.56 Å². The van der Waals surface area contributed by atoms with Crippen molar-refractivity contribution < 1.29 is 14.3 Å². The van der Waals surface area contributed by atoms with Crippen LogP contribution in [0.1, 0.15) is 24.2 Å². The largest absolute Gasteiger partial charge is 0.480 e. The van der Waals surface area contributed by atoms with Gasteiger partial charge in [-0.15, -0.1) is 0 Å². The van der Waals surface area contributed by atoms with E-state index in [1.54, 1.807) is 0 Å². The standard InChI is InChI=1S/C9H13NO3/c1-6(2)5-10-8(11)7-3-4-13-9(7)12/h3-4,6,12H,5H2,1-2H3,(H,10,11). The zero-order chi connectivity index (χ0) is 9.84. The monoisotopic (exact) mass is 183 g/mol. The molecular weight excluding hydrogens is 170 g/mol. The Bertz CT molecular complexity index is 291. The highest BCUT2D eigenvalue weighted by atomic mass is 16.5. The summed E-state index contributed by atoms with van der Waals surface area (Å²) >= 11 is 0. The third-order valence-corrected chi connectivity index (χ3v) is 1.56. The highest BCUT2D eigenvalue weighted by Crippen LogP contribution is 2.16. The smallest absolute Gasteiger partial charge is 0.295 e. The summed E-state index contributed by atoms with van der Waals surface area (Å²) in [7, 11) is 0. The molecular formula is C9H13NO3. The molecule has 1 aromatic heterocycles. The highest BCUT2D eigenvalue weighted by molar-refractivity contribution is 5.96. The van der Waals surface area contributed by atoms with Crippen molar-refractivity contribution in [3.05, 3.63) is 17.9 Å². The molecule has 0 saturated heterocycles. The normalized spacial score (nSPS) is 10.4. The molecule has 4 nitrogen and oxygen atoms in total. The molecule has 1 amide bonds. The first-order chi connectivity index (χ1) is 6.11. The minimum Gasteiger partial charge on any atom is -0.480 e. The van der Waals surface area contributed by atoms with E-state index in [1.165, 1.54) is 12.3 Å². The molecule has 0 unspecified atom stereocenters. The van der Waals surface area contributed by atoms with Gasteiger partial charge in [0.05, 0.1) is 6.26 Å². The molecule has 72 valence electrons. The molecule has 4 heteroatoms. The van der Waals surface area contributed by atoms with Crippen molar-refractivity contribution in [3.8, 4) is 5.95 Å². The second-order valence-corrected chi connectivity index (χ2v) is 3.24. The van der Waals surface area contributed by atoms with Crippen LogP contribution >= 0.6 is 0 Å². The average Bonchev–Trinajstić information content (AvgIpc) is 2.47. The third kappa shape index (κ3) is 2.50. The second kappa shape index (κ2) is 3.98. The molecule has 0 spiro atoms. The van der Waals surface area contributed by atoms with Gasteiger partial charge in [0.25, 0.3) is 11.9 Å². The molecule has 0 atom stereocenters. The molecule has 1 heterocycles. The zero-order valence-corrected chi connectivity index (χ0v) is 7.70. The first-order valence-electron chi connectivity index (χ1n) is 4.16. The van der Waals surface area contributed by atoms with Crippen LogP contribution in [-0.2, 0) is 0 Å². The lowest BCUT2D eigenvalue weighted by Crippen LogP contribution is -2.26. The number of carbonyl (C=O) groups excluding carboxylic acids is 1. The van der Waals surface area contributed by atoms with Gasteiger partial charge >= 0.3 is 0 Å². The van der Waals surface area contributed by atoms with Gasteiger partial charge in [-0.2, -0.15) is 0 Å². The van der Waals surface area contributed by atoms with Crippen LogP contribution in [0.15, 0.2) is 16.7 Å². The van der Waals surface area contributed by atoms with Gasteiger partial charge in [0, 0.05) is 6.54 Å². The van der Waals surface area contributed by atoms with Crippen molar-refractivity contribution in [1.29, 1.82) is 0 Å². The van der Waals surface area contributed by atoms with Crippen molar-refractivity contribution in [2.24, 2.45) is 5.92 Å². The molecule has 0 radical (unpaired) electrons. The lowest BCUT2D eigenvalue weighted by atomic mass is 10.2. The SMILES string of the molecule is CC(C)CNC(=O)c1ccoc1O. The minimum atomic E-state index is -0.332. The number of carbonyl (C=O) groups is 1. The number of furan rings is 1. The van der Waals surface area contributed by atoms with E-state index in [0.717, 1.165) is 0 Å². The maximum absolute atomic E-state index is 11.3. The maximum Gasteiger partial charge on any atom is 0.295 e. The van der Waals surface area contributed by atoms with Crippen LogP contribution in [0.3, 0.4) is 0 Å². The third-order valence-electron chi connectivity index (χ3n) is 1.56. The van der Waals surface area contributed by atoms with E-state index in [0.29, 0.717) is 12.5 Å². The zero-order valence-electron chi connectivity index (χ0n) is 7.70. The van der Waals surface area contributed by atoms with E-state index < -0.39 is 0 Å². The summed E-state index contributed by atoms with van der Waals surface area (Å²) in [5.74, 6) is -0.251. The molecule has 1 rings (SSSR count). The topological polar surface area (TPSA) is 62.5 Å². The van der Waals surface area contributed by atoms with Crippen molar-refractivity contribution >= 4 is 5.91 Å². The number of hydrogen-bond donors (Lipinski definition) is 2. The van der Waals surface area contributed by atoms with Gasteiger partial charge in [0.2, 0.25) is 0 Å². The molecule has 0 aliphatic heterocycles. The number of nitrogens with one attached hydrogen (secondary N) is 1. The first kappa shape index (κ1) is 9.64. The van der Waals surface area contributed by atoms with E-state index in [4.69, 9.17) is 5.11 Å². The molecule has 0 aliphatic carbocycles. The van der Waals surface area contributed by atoms with Gasteiger partial charge in [0.15, 0.2) is 0 Å². The fourth-order valence-electron chi connectivity index (χ4n) is 0.866. The van der Waals surface area contributed by atoms with E-state index in [2.05, 4.69) is 9.73 Å². The van der Waals surface area contributed by atoms with Crippen LogP contribution in [-0.4, -0.2) is 17.6 Å². The van der Waals surface area contributed by atoms with Gasteiger partial charge in [-0.05, 0) is 12.0 Å². The Morgan fingerprint density at radius 1 is 1.69 bits per heavy atom. The summed E-state index contributed by atoms with van der Waals surface area (Å²) in [6.45, 7) is 4.58. The van der Waals surface area contributed by atoms with Crippen molar-refractivity contribution in [3.63, 3.8) is 0 Å². The van der Waals surface area contributed by atoms with E-state index in [1.807, 2.05) is 13.8 Å². The predicted molar refractivity (Wildman–Crippen MR) is 47.5 cm³/mol. The Morgan fingerprint density at radius 2 is 2.38 bits per heavy atom. The second-order valence-electron chi connectivity index (χ2n) is 3.24.